The lowest BCUT2D eigenvalue weighted by atomic mass is 10.0. The largest absolute Gasteiger partial charge is 0.339 e. The summed E-state index contributed by atoms with van der Waals surface area (Å²) in [5.41, 5.74) is 6.68. The molecular formula is C21H22F2N4OS. The Balaban J connectivity index is 1.79. The first-order chi connectivity index (χ1) is 14.0. The molecule has 0 saturated heterocycles. The number of hydrazone groups is 1. The summed E-state index contributed by atoms with van der Waals surface area (Å²) in [5, 5.41) is 9.10. The molecule has 1 unspecified atom stereocenters. The second kappa shape index (κ2) is 8.12. The molecule has 4 rings (SSSR count). The molecule has 2 aromatic rings. The number of carbonyl (C=O) groups is 1. The van der Waals surface area contributed by atoms with Gasteiger partial charge in [-0.2, -0.15) is 10.1 Å². The highest BCUT2D eigenvalue weighted by molar-refractivity contribution is 8.15. The van der Waals surface area contributed by atoms with Gasteiger partial charge in [0.05, 0.1) is 0 Å². The van der Waals surface area contributed by atoms with Crippen LogP contribution in [-0.2, 0) is 4.87 Å². The van der Waals surface area contributed by atoms with Crippen molar-refractivity contribution in [3.05, 3.63) is 71.3 Å². The lowest BCUT2D eigenvalue weighted by Crippen LogP contribution is -2.47. The van der Waals surface area contributed by atoms with Crippen molar-refractivity contribution in [2.45, 2.75) is 36.6 Å². The van der Waals surface area contributed by atoms with Crippen molar-refractivity contribution in [3.8, 4) is 0 Å². The van der Waals surface area contributed by atoms with E-state index in [4.69, 9.17) is 5.73 Å². The number of carbonyl (C=O) groups excluding carboxylic acids is 1. The summed E-state index contributed by atoms with van der Waals surface area (Å²) in [6.07, 6.45) is 3.04. The van der Waals surface area contributed by atoms with Gasteiger partial charge >= 0.3 is 6.03 Å². The molecule has 1 atom stereocenters. The van der Waals surface area contributed by atoms with Gasteiger partial charge in [-0.25, -0.2) is 13.6 Å². The highest BCUT2D eigenvalue weighted by atomic mass is 32.2. The van der Waals surface area contributed by atoms with Gasteiger partial charge in [-0.05, 0) is 56.0 Å². The third-order valence-electron chi connectivity index (χ3n) is 5.00. The Morgan fingerprint density at radius 2 is 2.00 bits per heavy atom. The van der Waals surface area contributed by atoms with E-state index in [1.165, 1.54) is 16.8 Å². The Labute approximate surface area is 172 Å². The maximum Gasteiger partial charge on any atom is 0.339 e. The van der Waals surface area contributed by atoms with E-state index < -0.39 is 16.5 Å². The number of benzene rings is 2. The van der Waals surface area contributed by atoms with Crippen LogP contribution in [0.25, 0.3) is 0 Å². The highest BCUT2D eigenvalue weighted by Crippen LogP contribution is 2.50. The number of hydrogen-bond acceptors (Lipinski definition) is 4. The number of halogens is 2. The van der Waals surface area contributed by atoms with E-state index in [1.54, 1.807) is 0 Å². The van der Waals surface area contributed by atoms with Crippen LogP contribution in [0.5, 0.6) is 0 Å². The molecule has 1 aliphatic heterocycles. The molecule has 0 spiro atoms. The zero-order valence-corrected chi connectivity index (χ0v) is 16.6. The lowest BCUT2D eigenvalue weighted by Gasteiger charge is -2.35. The van der Waals surface area contributed by atoms with Crippen molar-refractivity contribution in [1.29, 1.82) is 0 Å². The molecule has 1 aliphatic carbocycles. The van der Waals surface area contributed by atoms with Crippen molar-refractivity contribution in [1.82, 2.24) is 10.3 Å². The smallest absolute Gasteiger partial charge is 0.334 e. The van der Waals surface area contributed by atoms with Crippen LogP contribution in [0.4, 0.5) is 13.6 Å². The molecule has 2 aromatic carbocycles. The maximum absolute atomic E-state index is 14.5. The van der Waals surface area contributed by atoms with Gasteiger partial charge in [-0.15, -0.1) is 0 Å². The summed E-state index contributed by atoms with van der Waals surface area (Å²) in [6, 6.07) is 12.6. The van der Waals surface area contributed by atoms with E-state index in [9.17, 15) is 13.6 Å². The number of nitrogens with two attached hydrogens (primary N) is 1. The molecule has 0 aromatic heterocycles. The van der Waals surface area contributed by atoms with Crippen molar-refractivity contribution in [3.63, 3.8) is 0 Å². The number of rotatable bonds is 6. The van der Waals surface area contributed by atoms with Crippen LogP contribution >= 0.6 is 11.8 Å². The quantitative estimate of drug-likeness (QED) is 0.744. The monoisotopic (exact) mass is 416 g/mol. The number of nitrogens with zero attached hydrogens (tertiary/aromatic N) is 2. The van der Waals surface area contributed by atoms with E-state index in [0.717, 1.165) is 36.6 Å². The topological polar surface area (TPSA) is 70.7 Å². The molecule has 2 aliphatic rings. The van der Waals surface area contributed by atoms with E-state index in [2.05, 4.69) is 10.4 Å². The summed E-state index contributed by atoms with van der Waals surface area (Å²) in [7, 11) is 0. The van der Waals surface area contributed by atoms with Gasteiger partial charge in [0.2, 0.25) is 0 Å². The minimum Gasteiger partial charge on any atom is -0.334 e. The maximum atomic E-state index is 14.5. The fourth-order valence-electron chi connectivity index (χ4n) is 3.36. The summed E-state index contributed by atoms with van der Waals surface area (Å²) < 4.78 is 28.3. The lowest BCUT2D eigenvalue weighted by molar-refractivity contribution is 0.162. The second-order valence-electron chi connectivity index (χ2n) is 7.21. The summed E-state index contributed by atoms with van der Waals surface area (Å²) in [4.78, 5) is 12.2. The molecule has 152 valence electrons. The fourth-order valence-corrected chi connectivity index (χ4v) is 4.78. The standard InChI is InChI=1S/C21H22F2N4OS/c22-15-7-10-18(23)17(13-15)19-26-27(20(28)25-16-8-9-16)21(29-19,11-4-12-24)14-5-2-1-3-6-14/h1-3,5-7,10,13,16H,4,8-9,11-12,24H2,(H,25,28). The van der Waals surface area contributed by atoms with Gasteiger partial charge in [0.1, 0.15) is 21.5 Å². The van der Waals surface area contributed by atoms with E-state index in [0.29, 0.717) is 19.4 Å². The first-order valence-corrected chi connectivity index (χ1v) is 10.4. The number of amides is 2. The van der Waals surface area contributed by atoms with Crippen molar-refractivity contribution >= 4 is 22.8 Å². The van der Waals surface area contributed by atoms with Crippen molar-refractivity contribution < 1.29 is 13.6 Å². The number of urea groups is 1. The average molecular weight is 416 g/mol. The van der Waals surface area contributed by atoms with E-state index >= 15 is 0 Å². The number of nitrogens with one attached hydrogen (secondary N) is 1. The molecule has 5 nitrogen and oxygen atoms in total. The van der Waals surface area contributed by atoms with Crippen LogP contribution in [0.15, 0.2) is 53.6 Å². The van der Waals surface area contributed by atoms with Crippen LogP contribution in [0, 0.1) is 11.6 Å². The average Bonchev–Trinajstić information content (AvgIpc) is 3.46. The molecule has 3 N–H and O–H groups in total. The third kappa shape index (κ3) is 4.00. The van der Waals surface area contributed by atoms with Crippen LogP contribution < -0.4 is 11.1 Å². The number of thioether (sulfide) groups is 1. The number of hydrogen-bond donors (Lipinski definition) is 2. The molecule has 0 bridgehead atoms. The zero-order valence-electron chi connectivity index (χ0n) is 15.8. The Morgan fingerprint density at radius 1 is 1.24 bits per heavy atom. The normalized spacial score (nSPS) is 21.2. The van der Waals surface area contributed by atoms with Crippen LogP contribution in [0.2, 0.25) is 0 Å². The Bertz CT molecular complexity index is 936. The van der Waals surface area contributed by atoms with Gasteiger partial charge in [-0.1, -0.05) is 42.1 Å². The summed E-state index contributed by atoms with van der Waals surface area (Å²) in [5.74, 6) is -1.14. The van der Waals surface area contributed by atoms with Gasteiger partial charge in [-0.3, -0.25) is 0 Å². The van der Waals surface area contributed by atoms with Gasteiger partial charge < -0.3 is 11.1 Å². The van der Waals surface area contributed by atoms with Gasteiger partial charge in [0.15, 0.2) is 0 Å². The Morgan fingerprint density at radius 3 is 2.69 bits per heavy atom. The molecule has 2 amide bonds. The second-order valence-corrected chi connectivity index (χ2v) is 8.48. The summed E-state index contributed by atoms with van der Waals surface area (Å²) >= 11 is 1.26. The van der Waals surface area contributed by atoms with E-state index in [1.807, 2.05) is 30.3 Å². The first kappa shape index (κ1) is 19.8. The van der Waals surface area contributed by atoms with E-state index in [-0.39, 0.29) is 22.7 Å². The summed E-state index contributed by atoms with van der Waals surface area (Å²) in [6.45, 7) is 0.441. The SMILES string of the molecule is NCCCC1(c2ccccc2)SC(c2cc(F)ccc2F)=NN1C(=O)NC1CC1. The van der Waals surface area contributed by atoms with Crippen LogP contribution in [0.3, 0.4) is 0 Å². The van der Waals surface area contributed by atoms with Crippen LogP contribution in [-0.4, -0.2) is 28.7 Å². The zero-order chi connectivity index (χ0) is 20.4. The minimum atomic E-state index is -0.881. The first-order valence-electron chi connectivity index (χ1n) is 9.63. The molecule has 1 saturated carbocycles. The highest BCUT2D eigenvalue weighted by Gasteiger charge is 2.49. The minimum absolute atomic E-state index is 0.0461. The third-order valence-corrected chi connectivity index (χ3v) is 6.44. The Hall–Kier alpha value is -2.45. The molecular weight excluding hydrogens is 394 g/mol. The van der Waals surface area contributed by atoms with Crippen molar-refractivity contribution in [2.24, 2.45) is 10.8 Å². The van der Waals surface area contributed by atoms with Crippen LogP contribution in [0.1, 0.15) is 36.8 Å². The molecule has 8 heteroatoms. The molecule has 1 fully saturated rings. The van der Waals surface area contributed by atoms with Crippen molar-refractivity contribution in [2.75, 3.05) is 6.54 Å². The fraction of sp³-hybridized carbons (Fsp3) is 0.333. The molecule has 29 heavy (non-hydrogen) atoms. The predicted octanol–water partition coefficient (Wildman–Crippen LogP) is 4.14. The van der Waals surface area contributed by atoms with Gasteiger partial charge in [0.25, 0.3) is 0 Å². The van der Waals surface area contributed by atoms with Gasteiger partial charge in [0, 0.05) is 11.6 Å². The molecule has 1 heterocycles. The molecule has 0 radical (unpaired) electrons. The predicted molar refractivity (Wildman–Crippen MR) is 110 cm³/mol. The Kier molecular flexibility index (Phi) is 5.56.